The molecule has 2 aromatic carbocycles. The molecule has 7 nitrogen and oxygen atoms in total. The highest BCUT2D eigenvalue weighted by Crippen LogP contribution is 2.19. The van der Waals surface area contributed by atoms with Crippen LogP contribution in [0.1, 0.15) is 30.9 Å². The Morgan fingerprint density at radius 1 is 1.07 bits per heavy atom. The number of amides is 1. The molecule has 0 aliphatic carbocycles. The summed E-state index contributed by atoms with van der Waals surface area (Å²) in [4.78, 5) is 12.3. The molecule has 0 bridgehead atoms. The van der Waals surface area contributed by atoms with Gasteiger partial charge < -0.3 is 14.8 Å². The molecular formula is C22H28N2O5S. The van der Waals surface area contributed by atoms with Crippen molar-refractivity contribution in [3.05, 3.63) is 59.7 Å². The summed E-state index contributed by atoms with van der Waals surface area (Å²) in [6.07, 6.45) is 0. The van der Waals surface area contributed by atoms with Gasteiger partial charge in [0.15, 0.2) is 6.61 Å². The van der Waals surface area contributed by atoms with Crippen molar-refractivity contribution in [1.82, 2.24) is 9.62 Å². The predicted octanol–water partition coefficient (Wildman–Crippen LogP) is 2.53. The third kappa shape index (κ3) is 5.81. The van der Waals surface area contributed by atoms with Crippen molar-refractivity contribution in [3.63, 3.8) is 0 Å². The fourth-order valence-electron chi connectivity index (χ4n) is 3.06. The first-order chi connectivity index (χ1) is 14.4. The molecule has 1 aliphatic heterocycles. The summed E-state index contributed by atoms with van der Waals surface area (Å²) in [5, 5.41) is 2.78. The Kier molecular flexibility index (Phi) is 7.47. The number of nitrogens with one attached hydrogen (secondary N) is 1. The lowest BCUT2D eigenvalue weighted by atomic mass is 10.0. The highest BCUT2D eigenvalue weighted by atomic mass is 32.2. The summed E-state index contributed by atoms with van der Waals surface area (Å²) >= 11 is 0. The fourth-order valence-corrected chi connectivity index (χ4v) is 4.47. The molecule has 0 atom stereocenters. The molecular weight excluding hydrogens is 404 g/mol. The van der Waals surface area contributed by atoms with Gasteiger partial charge in [0.2, 0.25) is 10.0 Å². The fraction of sp³-hybridized carbons (Fsp3) is 0.409. The molecule has 2 aromatic rings. The molecule has 8 heteroatoms. The maximum Gasteiger partial charge on any atom is 0.258 e. The molecule has 0 aromatic heterocycles. The molecule has 0 unspecified atom stereocenters. The third-order valence-corrected chi connectivity index (χ3v) is 6.85. The van der Waals surface area contributed by atoms with Gasteiger partial charge in [-0.05, 0) is 41.3 Å². The lowest BCUT2D eigenvalue weighted by Gasteiger charge is -2.26. The molecule has 3 rings (SSSR count). The van der Waals surface area contributed by atoms with Gasteiger partial charge in [-0.2, -0.15) is 4.31 Å². The average molecular weight is 433 g/mol. The van der Waals surface area contributed by atoms with Crippen LogP contribution in [-0.4, -0.2) is 51.5 Å². The Labute approximate surface area is 178 Å². The highest BCUT2D eigenvalue weighted by Gasteiger charge is 2.26. The van der Waals surface area contributed by atoms with Crippen LogP contribution in [0.15, 0.2) is 53.4 Å². The van der Waals surface area contributed by atoms with Crippen LogP contribution in [0.5, 0.6) is 5.75 Å². The first-order valence-corrected chi connectivity index (χ1v) is 11.5. The van der Waals surface area contributed by atoms with E-state index in [1.54, 1.807) is 24.3 Å². The van der Waals surface area contributed by atoms with E-state index in [0.29, 0.717) is 44.5 Å². The van der Waals surface area contributed by atoms with Crippen LogP contribution >= 0.6 is 0 Å². The molecule has 30 heavy (non-hydrogen) atoms. The average Bonchev–Trinajstić information content (AvgIpc) is 2.77. The van der Waals surface area contributed by atoms with Gasteiger partial charge in [0.05, 0.1) is 18.1 Å². The van der Waals surface area contributed by atoms with E-state index in [4.69, 9.17) is 9.47 Å². The largest absolute Gasteiger partial charge is 0.484 e. The Hall–Kier alpha value is -2.42. The van der Waals surface area contributed by atoms with Gasteiger partial charge in [0.25, 0.3) is 5.91 Å². The smallest absolute Gasteiger partial charge is 0.258 e. The lowest BCUT2D eigenvalue weighted by molar-refractivity contribution is -0.123. The minimum atomic E-state index is -3.51. The Morgan fingerprint density at radius 3 is 2.30 bits per heavy atom. The van der Waals surface area contributed by atoms with Gasteiger partial charge in [-0.3, -0.25) is 4.79 Å². The number of nitrogens with zero attached hydrogens (tertiary/aromatic N) is 1. The summed E-state index contributed by atoms with van der Waals surface area (Å²) in [5.41, 5.74) is 2.02. The minimum Gasteiger partial charge on any atom is -0.484 e. The molecule has 1 aliphatic rings. The molecule has 1 heterocycles. The number of hydrogen-bond donors (Lipinski definition) is 1. The molecule has 0 radical (unpaired) electrons. The number of benzene rings is 2. The summed E-state index contributed by atoms with van der Waals surface area (Å²) in [7, 11) is -3.51. The molecule has 0 saturated carbocycles. The van der Waals surface area contributed by atoms with Gasteiger partial charge in [-0.15, -0.1) is 0 Å². The lowest BCUT2D eigenvalue weighted by Crippen LogP contribution is -2.40. The van der Waals surface area contributed by atoms with E-state index in [9.17, 15) is 13.2 Å². The maximum atomic E-state index is 12.6. The zero-order valence-corrected chi connectivity index (χ0v) is 18.2. The topological polar surface area (TPSA) is 84.9 Å². The van der Waals surface area contributed by atoms with Crippen molar-refractivity contribution < 1.29 is 22.7 Å². The van der Waals surface area contributed by atoms with Crippen molar-refractivity contribution in [2.45, 2.75) is 31.2 Å². The SMILES string of the molecule is CC(C)c1ccc(OCC(=O)NCc2ccc(S(=O)(=O)N3CCOCC3)cc2)cc1. The van der Waals surface area contributed by atoms with E-state index in [-0.39, 0.29) is 17.4 Å². The molecule has 1 fully saturated rings. The van der Waals surface area contributed by atoms with E-state index < -0.39 is 10.0 Å². The number of sulfonamides is 1. The predicted molar refractivity (Wildman–Crippen MR) is 114 cm³/mol. The van der Waals surface area contributed by atoms with E-state index >= 15 is 0 Å². The quantitative estimate of drug-likeness (QED) is 0.693. The first kappa shape index (κ1) is 22.3. The van der Waals surface area contributed by atoms with Gasteiger partial charge in [-0.1, -0.05) is 38.1 Å². The van der Waals surface area contributed by atoms with Gasteiger partial charge in [0, 0.05) is 19.6 Å². The molecule has 1 saturated heterocycles. The monoisotopic (exact) mass is 432 g/mol. The van der Waals surface area contributed by atoms with Crippen molar-refractivity contribution in [2.75, 3.05) is 32.9 Å². The van der Waals surface area contributed by atoms with Crippen molar-refractivity contribution in [1.29, 1.82) is 0 Å². The summed E-state index contributed by atoms with van der Waals surface area (Å²) in [6.45, 7) is 6.00. The maximum absolute atomic E-state index is 12.6. The second-order valence-electron chi connectivity index (χ2n) is 7.45. The summed E-state index contributed by atoms with van der Waals surface area (Å²) in [5.74, 6) is 0.845. The molecule has 162 valence electrons. The standard InChI is InChI=1S/C22H28N2O5S/c1-17(2)19-5-7-20(8-6-19)29-16-22(25)23-15-18-3-9-21(10-4-18)30(26,27)24-11-13-28-14-12-24/h3-10,17H,11-16H2,1-2H3,(H,23,25). The van der Waals surface area contributed by atoms with Crippen LogP contribution in [0, 0.1) is 0 Å². The van der Waals surface area contributed by atoms with Gasteiger partial charge >= 0.3 is 0 Å². The summed E-state index contributed by atoms with van der Waals surface area (Å²) in [6, 6.07) is 14.2. The molecule has 0 spiro atoms. The van der Waals surface area contributed by atoms with E-state index in [0.717, 1.165) is 5.56 Å². The molecule has 1 N–H and O–H groups in total. The zero-order chi connectivity index (χ0) is 21.6. The third-order valence-electron chi connectivity index (χ3n) is 4.94. The number of hydrogen-bond acceptors (Lipinski definition) is 5. The van der Waals surface area contributed by atoms with E-state index in [1.807, 2.05) is 24.3 Å². The van der Waals surface area contributed by atoms with Crippen LogP contribution in [0.25, 0.3) is 0 Å². The number of carbonyl (C=O) groups is 1. The Morgan fingerprint density at radius 2 is 1.70 bits per heavy atom. The Balaban J connectivity index is 1.48. The van der Waals surface area contributed by atoms with Crippen LogP contribution in [0.2, 0.25) is 0 Å². The van der Waals surface area contributed by atoms with Crippen molar-refractivity contribution >= 4 is 15.9 Å². The highest BCUT2D eigenvalue weighted by molar-refractivity contribution is 7.89. The van der Waals surface area contributed by atoms with Crippen LogP contribution in [0.3, 0.4) is 0 Å². The number of morpholine rings is 1. The van der Waals surface area contributed by atoms with E-state index in [2.05, 4.69) is 19.2 Å². The van der Waals surface area contributed by atoms with Gasteiger partial charge in [0.1, 0.15) is 5.75 Å². The van der Waals surface area contributed by atoms with Crippen molar-refractivity contribution in [3.8, 4) is 5.75 Å². The second kappa shape index (κ2) is 10.1. The van der Waals surface area contributed by atoms with Crippen LogP contribution < -0.4 is 10.1 Å². The molecule has 1 amide bonds. The van der Waals surface area contributed by atoms with Crippen molar-refractivity contribution in [2.24, 2.45) is 0 Å². The van der Waals surface area contributed by atoms with Crippen LogP contribution in [0.4, 0.5) is 0 Å². The normalized spacial score (nSPS) is 15.2. The summed E-state index contributed by atoms with van der Waals surface area (Å²) < 4.78 is 37.4. The van der Waals surface area contributed by atoms with Crippen LogP contribution in [-0.2, 0) is 26.1 Å². The number of rotatable bonds is 8. The zero-order valence-electron chi connectivity index (χ0n) is 17.3. The number of ether oxygens (including phenoxy) is 2. The Bertz CT molecular complexity index is 934. The minimum absolute atomic E-state index is 0.0789. The van der Waals surface area contributed by atoms with Gasteiger partial charge in [-0.25, -0.2) is 8.42 Å². The van der Waals surface area contributed by atoms with E-state index in [1.165, 1.54) is 9.87 Å². The first-order valence-electron chi connectivity index (χ1n) is 10.0. The number of carbonyl (C=O) groups excluding carboxylic acids is 1. The second-order valence-corrected chi connectivity index (χ2v) is 9.39.